The van der Waals surface area contributed by atoms with Crippen LogP contribution in [-0.4, -0.2) is 29.6 Å². The summed E-state index contributed by atoms with van der Waals surface area (Å²) in [6.07, 6.45) is 4.83. The van der Waals surface area contributed by atoms with Crippen molar-refractivity contribution >= 4 is 11.9 Å². The highest BCUT2D eigenvalue weighted by Gasteiger charge is 2.18. The summed E-state index contributed by atoms with van der Waals surface area (Å²) in [5, 5.41) is 2.88. The zero-order valence-electron chi connectivity index (χ0n) is 16.4. The van der Waals surface area contributed by atoms with Gasteiger partial charge in [-0.2, -0.15) is 0 Å². The molecule has 0 unspecified atom stereocenters. The molecule has 1 aliphatic rings. The Bertz CT molecular complexity index is 844. The summed E-state index contributed by atoms with van der Waals surface area (Å²) in [6, 6.07) is 10.9. The second-order valence-corrected chi connectivity index (χ2v) is 6.86. The van der Waals surface area contributed by atoms with Crippen LogP contribution in [0.1, 0.15) is 64.7 Å². The topological polar surface area (TPSA) is 77.5 Å². The van der Waals surface area contributed by atoms with E-state index in [4.69, 9.17) is 9.47 Å². The number of benzene rings is 1. The molecule has 1 fully saturated rings. The molecule has 1 aliphatic carbocycles. The Morgan fingerprint density at radius 2 is 1.89 bits per heavy atom. The van der Waals surface area contributed by atoms with Crippen molar-refractivity contribution in [3.05, 3.63) is 58.9 Å². The Hall–Kier alpha value is -2.89. The van der Waals surface area contributed by atoms with Crippen molar-refractivity contribution in [2.24, 2.45) is 0 Å². The van der Waals surface area contributed by atoms with E-state index in [9.17, 15) is 9.59 Å². The number of hydrogen-bond donors (Lipinski definition) is 1. The van der Waals surface area contributed by atoms with E-state index in [1.54, 1.807) is 19.9 Å². The highest BCUT2D eigenvalue weighted by molar-refractivity contribution is 5.95. The molecule has 1 aromatic carbocycles. The van der Waals surface area contributed by atoms with Gasteiger partial charge in [-0.3, -0.25) is 4.79 Å². The number of ether oxygens (including phenoxy) is 2. The van der Waals surface area contributed by atoms with Gasteiger partial charge >= 0.3 is 5.97 Å². The zero-order valence-corrected chi connectivity index (χ0v) is 16.4. The van der Waals surface area contributed by atoms with E-state index >= 15 is 0 Å². The second-order valence-electron chi connectivity index (χ2n) is 6.86. The van der Waals surface area contributed by atoms with Crippen molar-refractivity contribution in [1.82, 2.24) is 10.3 Å². The van der Waals surface area contributed by atoms with Gasteiger partial charge in [-0.25, -0.2) is 9.78 Å². The molecule has 3 rings (SSSR count). The molecular formula is C22H26N2O4. The Morgan fingerprint density at radius 1 is 1.14 bits per heavy atom. The number of rotatable bonds is 7. The Kier molecular flexibility index (Phi) is 6.63. The third-order valence-electron chi connectivity index (χ3n) is 4.82. The van der Waals surface area contributed by atoms with Gasteiger partial charge in [-0.15, -0.1) is 0 Å². The van der Waals surface area contributed by atoms with Gasteiger partial charge < -0.3 is 14.8 Å². The number of para-hydroxylation sites is 1. The third-order valence-corrected chi connectivity index (χ3v) is 4.82. The SMILES string of the molecule is CCOC(=O)c1ccc(C(=O)NCc2ccccc2OC2CCCC2)nc1C. The Balaban J connectivity index is 1.64. The third kappa shape index (κ3) is 4.88. The molecule has 0 bridgehead atoms. The number of carbonyl (C=O) groups is 2. The van der Waals surface area contributed by atoms with Crippen LogP contribution in [0.3, 0.4) is 0 Å². The molecule has 1 N–H and O–H groups in total. The summed E-state index contributed by atoms with van der Waals surface area (Å²) in [4.78, 5) is 28.6. The first kappa shape index (κ1) is 19.9. The van der Waals surface area contributed by atoms with E-state index in [-0.39, 0.29) is 17.7 Å². The van der Waals surface area contributed by atoms with Gasteiger partial charge in [-0.1, -0.05) is 18.2 Å². The number of aromatic nitrogens is 1. The van der Waals surface area contributed by atoms with Crippen molar-refractivity contribution in [2.75, 3.05) is 6.61 Å². The Morgan fingerprint density at radius 3 is 2.61 bits per heavy atom. The number of nitrogens with zero attached hydrogens (tertiary/aromatic N) is 1. The molecule has 2 aromatic rings. The molecule has 1 saturated carbocycles. The van der Waals surface area contributed by atoms with Crippen LogP contribution in [0.15, 0.2) is 36.4 Å². The Labute approximate surface area is 165 Å². The molecule has 0 atom stereocenters. The van der Waals surface area contributed by atoms with E-state index in [0.717, 1.165) is 24.2 Å². The first-order valence-electron chi connectivity index (χ1n) is 9.76. The van der Waals surface area contributed by atoms with Crippen LogP contribution in [0, 0.1) is 6.92 Å². The first-order valence-corrected chi connectivity index (χ1v) is 9.76. The molecule has 0 spiro atoms. The minimum atomic E-state index is -0.433. The van der Waals surface area contributed by atoms with Crippen LogP contribution < -0.4 is 10.1 Å². The van der Waals surface area contributed by atoms with Crippen LogP contribution in [0.5, 0.6) is 5.75 Å². The highest BCUT2D eigenvalue weighted by Crippen LogP contribution is 2.26. The van der Waals surface area contributed by atoms with Crippen molar-refractivity contribution in [3.63, 3.8) is 0 Å². The summed E-state index contributed by atoms with van der Waals surface area (Å²) in [5.41, 5.74) is 2.03. The number of carbonyl (C=O) groups excluding carboxylic acids is 2. The lowest BCUT2D eigenvalue weighted by atomic mass is 10.1. The predicted molar refractivity (Wildman–Crippen MR) is 105 cm³/mol. The highest BCUT2D eigenvalue weighted by atomic mass is 16.5. The number of nitrogens with one attached hydrogen (secondary N) is 1. The first-order chi connectivity index (χ1) is 13.6. The summed E-state index contributed by atoms with van der Waals surface area (Å²) in [5.74, 6) is 0.0862. The fourth-order valence-corrected chi connectivity index (χ4v) is 3.33. The summed E-state index contributed by atoms with van der Waals surface area (Å²) in [7, 11) is 0. The monoisotopic (exact) mass is 382 g/mol. The molecule has 1 heterocycles. The maximum absolute atomic E-state index is 12.5. The summed E-state index contributed by atoms with van der Waals surface area (Å²) in [6.45, 7) is 4.08. The average Bonchev–Trinajstić information content (AvgIpc) is 3.20. The maximum atomic E-state index is 12.5. The van der Waals surface area contributed by atoms with Crippen molar-refractivity contribution < 1.29 is 19.1 Å². The number of esters is 1. The molecule has 0 radical (unpaired) electrons. The lowest BCUT2D eigenvalue weighted by molar-refractivity contribution is 0.0524. The minimum Gasteiger partial charge on any atom is -0.490 e. The van der Waals surface area contributed by atoms with E-state index in [0.29, 0.717) is 24.4 Å². The van der Waals surface area contributed by atoms with Crippen LogP contribution in [-0.2, 0) is 11.3 Å². The number of hydrogen-bond acceptors (Lipinski definition) is 5. The molecule has 6 heteroatoms. The summed E-state index contributed by atoms with van der Waals surface area (Å²) < 4.78 is 11.1. The second kappa shape index (κ2) is 9.35. The number of amides is 1. The number of aryl methyl sites for hydroxylation is 1. The smallest absolute Gasteiger partial charge is 0.339 e. The van der Waals surface area contributed by atoms with Gasteiger partial charge in [0.05, 0.1) is 24.0 Å². The van der Waals surface area contributed by atoms with E-state index in [1.165, 1.54) is 18.9 Å². The van der Waals surface area contributed by atoms with Gasteiger partial charge in [0.2, 0.25) is 0 Å². The van der Waals surface area contributed by atoms with E-state index < -0.39 is 5.97 Å². The van der Waals surface area contributed by atoms with Gasteiger partial charge in [0.25, 0.3) is 5.91 Å². The summed E-state index contributed by atoms with van der Waals surface area (Å²) >= 11 is 0. The molecule has 6 nitrogen and oxygen atoms in total. The van der Waals surface area contributed by atoms with E-state index in [1.807, 2.05) is 24.3 Å². The van der Waals surface area contributed by atoms with Crippen molar-refractivity contribution in [3.8, 4) is 5.75 Å². The lowest BCUT2D eigenvalue weighted by Crippen LogP contribution is -2.25. The van der Waals surface area contributed by atoms with Gasteiger partial charge in [0.1, 0.15) is 11.4 Å². The standard InChI is InChI=1S/C22H26N2O4/c1-3-27-22(26)18-12-13-19(24-15(18)2)21(25)23-14-16-8-4-7-11-20(16)28-17-9-5-6-10-17/h4,7-8,11-13,17H,3,5-6,9-10,14H2,1-2H3,(H,23,25). The number of pyridine rings is 1. The van der Waals surface area contributed by atoms with Crippen molar-refractivity contribution in [2.45, 2.75) is 52.2 Å². The largest absolute Gasteiger partial charge is 0.490 e. The molecule has 1 aromatic heterocycles. The van der Waals surface area contributed by atoms with E-state index in [2.05, 4.69) is 10.3 Å². The molecule has 0 aliphatic heterocycles. The van der Waals surface area contributed by atoms with Gasteiger partial charge in [-0.05, 0) is 57.7 Å². The van der Waals surface area contributed by atoms with Gasteiger partial charge in [0, 0.05) is 12.1 Å². The average molecular weight is 382 g/mol. The van der Waals surface area contributed by atoms with Gasteiger partial charge in [0.15, 0.2) is 0 Å². The molecular weight excluding hydrogens is 356 g/mol. The normalized spacial score (nSPS) is 13.9. The molecule has 1 amide bonds. The minimum absolute atomic E-state index is 0.261. The fraction of sp³-hybridized carbons (Fsp3) is 0.409. The molecule has 28 heavy (non-hydrogen) atoms. The molecule has 148 valence electrons. The van der Waals surface area contributed by atoms with Crippen LogP contribution in [0.2, 0.25) is 0 Å². The predicted octanol–water partition coefficient (Wildman–Crippen LogP) is 3.82. The van der Waals surface area contributed by atoms with Crippen LogP contribution >= 0.6 is 0 Å². The quantitative estimate of drug-likeness (QED) is 0.737. The lowest BCUT2D eigenvalue weighted by Gasteiger charge is -2.16. The maximum Gasteiger partial charge on any atom is 0.339 e. The fourth-order valence-electron chi connectivity index (χ4n) is 3.33. The van der Waals surface area contributed by atoms with Crippen molar-refractivity contribution in [1.29, 1.82) is 0 Å². The van der Waals surface area contributed by atoms with Crippen LogP contribution in [0.25, 0.3) is 0 Å². The van der Waals surface area contributed by atoms with Crippen LogP contribution in [0.4, 0.5) is 0 Å². The zero-order chi connectivity index (χ0) is 19.9. The molecule has 0 saturated heterocycles.